The van der Waals surface area contributed by atoms with Gasteiger partial charge in [-0.1, -0.05) is 36.5 Å². The Morgan fingerprint density at radius 2 is 1.87 bits per heavy atom. The van der Waals surface area contributed by atoms with E-state index in [0.717, 1.165) is 36.6 Å². The summed E-state index contributed by atoms with van der Waals surface area (Å²) in [5.41, 5.74) is 1.12. The molecule has 1 aliphatic rings. The molecule has 2 aromatic heterocycles. The number of nitrogens with one attached hydrogen (secondary N) is 1. The first-order chi connectivity index (χ1) is 15.0. The molecule has 0 spiro atoms. The van der Waals surface area contributed by atoms with Crippen molar-refractivity contribution >= 4 is 38.4 Å². The third kappa shape index (κ3) is 4.27. The molecule has 1 fully saturated rings. The lowest BCUT2D eigenvalue weighted by molar-refractivity contribution is -0.116. The summed E-state index contributed by atoms with van der Waals surface area (Å²) in [4.78, 5) is 45.8. The summed E-state index contributed by atoms with van der Waals surface area (Å²) in [5.74, 6) is -0.327. The molecule has 1 aromatic carbocycles. The molecule has 0 aliphatic carbocycles. The highest BCUT2D eigenvalue weighted by molar-refractivity contribution is 7.22. The molecule has 4 rings (SSSR count). The molecule has 0 bridgehead atoms. The van der Waals surface area contributed by atoms with Gasteiger partial charge in [-0.3, -0.25) is 18.7 Å². The second-order valence-electron chi connectivity index (χ2n) is 7.89. The van der Waals surface area contributed by atoms with E-state index in [4.69, 9.17) is 0 Å². The summed E-state index contributed by atoms with van der Waals surface area (Å²) in [7, 11) is 0. The van der Waals surface area contributed by atoms with Gasteiger partial charge in [0.05, 0.1) is 0 Å². The lowest BCUT2D eigenvalue weighted by atomic mass is 10.1. The number of aromatic nitrogens is 3. The van der Waals surface area contributed by atoms with Crippen LogP contribution in [-0.4, -0.2) is 33.1 Å². The quantitative estimate of drug-likeness (QED) is 0.635. The minimum Gasteiger partial charge on any atom is -0.348 e. The van der Waals surface area contributed by atoms with Crippen molar-refractivity contribution in [1.29, 1.82) is 0 Å². The smallest absolute Gasteiger partial charge is 0.333 e. The number of rotatable bonds is 6. The van der Waals surface area contributed by atoms with E-state index in [-0.39, 0.29) is 18.0 Å². The van der Waals surface area contributed by atoms with Crippen LogP contribution in [0, 0.1) is 6.92 Å². The number of para-hydroxylation sites is 1. The number of fused-ring (bicyclic) bond motifs is 1. The number of carbonyl (C=O) groups is 1. The molecule has 1 N–H and O–H groups in total. The number of aryl methyl sites for hydroxylation is 1. The van der Waals surface area contributed by atoms with E-state index in [1.807, 2.05) is 38.1 Å². The predicted octanol–water partition coefficient (Wildman–Crippen LogP) is 2.97. The summed E-state index contributed by atoms with van der Waals surface area (Å²) in [6, 6.07) is 7.48. The maximum Gasteiger partial charge on any atom is 0.333 e. The van der Waals surface area contributed by atoms with Crippen molar-refractivity contribution in [2.75, 3.05) is 23.3 Å². The van der Waals surface area contributed by atoms with Crippen molar-refractivity contribution in [1.82, 2.24) is 14.1 Å². The molecule has 0 atom stereocenters. The molecular formula is C22H27N5O3S. The molecule has 31 heavy (non-hydrogen) atoms. The van der Waals surface area contributed by atoms with Gasteiger partial charge in [0.25, 0.3) is 5.56 Å². The van der Waals surface area contributed by atoms with E-state index < -0.39 is 5.69 Å². The summed E-state index contributed by atoms with van der Waals surface area (Å²) in [6.45, 7) is 5.71. The Balaban J connectivity index is 1.75. The first-order valence-electron chi connectivity index (χ1n) is 10.7. The van der Waals surface area contributed by atoms with Crippen LogP contribution in [0.25, 0.3) is 10.3 Å². The molecule has 9 heteroatoms. The van der Waals surface area contributed by atoms with E-state index in [0.29, 0.717) is 29.0 Å². The molecule has 1 aliphatic heterocycles. The van der Waals surface area contributed by atoms with E-state index in [1.54, 1.807) is 0 Å². The van der Waals surface area contributed by atoms with Crippen LogP contribution in [0.15, 0.2) is 33.9 Å². The lowest BCUT2D eigenvalue weighted by Crippen LogP contribution is -2.41. The van der Waals surface area contributed by atoms with Gasteiger partial charge < -0.3 is 10.2 Å². The maximum absolute atomic E-state index is 13.1. The van der Waals surface area contributed by atoms with E-state index in [1.165, 1.54) is 26.9 Å². The molecule has 8 nitrogen and oxygen atoms in total. The van der Waals surface area contributed by atoms with Crippen LogP contribution in [-0.2, 0) is 17.9 Å². The number of hydrogen-bond donors (Lipinski definition) is 1. The Bertz CT molecular complexity index is 1220. The van der Waals surface area contributed by atoms with E-state index in [2.05, 4.69) is 15.2 Å². The average Bonchev–Trinajstić information content (AvgIpc) is 3.22. The first kappa shape index (κ1) is 21.3. The van der Waals surface area contributed by atoms with Crippen LogP contribution in [0.4, 0.5) is 10.8 Å². The van der Waals surface area contributed by atoms with E-state index in [9.17, 15) is 14.4 Å². The van der Waals surface area contributed by atoms with Crippen molar-refractivity contribution in [3.05, 3.63) is 50.7 Å². The van der Waals surface area contributed by atoms with Gasteiger partial charge in [0.2, 0.25) is 5.91 Å². The Morgan fingerprint density at radius 1 is 1.13 bits per heavy atom. The molecule has 0 saturated carbocycles. The molecule has 3 aromatic rings. The number of nitrogens with zero attached hydrogens (tertiary/aromatic N) is 4. The van der Waals surface area contributed by atoms with Gasteiger partial charge in [0, 0.05) is 25.3 Å². The molecule has 1 amide bonds. The number of benzene rings is 1. The number of piperidine rings is 1. The van der Waals surface area contributed by atoms with Gasteiger partial charge in [0.15, 0.2) is 10.8 Å². The van der Waals surface area contributed by atoms with Crippen LogP contribution in [0.3, 0.4) is 0 Å². The predicted molar refractivity (Wildman–Crippen MR) is 124 cm³/mol. The third-order valence-electron chi connectivity index (χ3n) is 5.55. The van der Waals surface area contributed by atoms with Gasteiger partial charge in [-0.25, -0.2) is 9.78 Å². The Labute approximate surface area is 184 Å². The lowest BCUT2D eigenvalue weighted by Gasteiger charge is -2.25. The van der Waals surface area contributed by atoms with Crippen molar-refractivity contribution in [2.45, 2.75) is 52.6 Å². The summed E-state index contributed by atoms with van der Waals surface area (Å²) < 4.78 is 2.99. The van der Waals surface area contributed by atoms with Crippen LogP contribution >= 0.6 is 11.3 Å². The van der Waals surface area contributed by atoms with Crippen molar-refractivity contribution in [3.63, 3.8) is 0 Å². The van der Waals surface area contributed by atoms with Crippen molar-refractivity contribution in [3.8, 4) is 0 Å². The molecule has 3 heterocycles. The van der Waals surface area contributed by atoms with Gasteiger partial charge in [-0.05, 0) is 44.2 Å². The highest BCUT2D eigenvalue weighted by atomic mass is 32.1. The minimum absolute atomic E-state index is 0.198. The highest BCUT2D eigenvalue weighted by Gasteiger charge is 2.22. The Kier molecular flexibility index (Phi) is 6.22. The van der Waals surface area contributed by atoms with Gasteiger partial charge in [0.1, 0.15) is 11.2 Å². The average molecular weight is 442 g/mol. The summed E-state index contributed by atoms with van der Waals surface area (Å²) in [6.07, 6.45) is 4.01. The SMILES string of the molecule is CCCn1c(=O)c2sc(N3CCCCC3)nc2n(CC(=O)Nc2ccccc2C)c1=O. The van der Waals surface area contributed by atoms with Gasteiger partial charge >= 0.3 is 5.69 Å². The third-order valence-corrected chi connectivity index (χ3v) is 6.64. The number of thiazole rings is 1. The first-order valence-corrected chi connectivity index (χ1v) is 11.6. The van der Waals surface area contributed by atoms with Crippen LogP contribution in [0.1, 0.15) is 38.2 Å². The summed E-state index contributed by atoms with van der Waals surface area (Å²) >= 11 is 1.32. The molecule has 1 saturated heterocycles. The fourth-order valence-electron chi connectivity index (χ4n) is 3.90. The molecular weight excluding hydrogens is 414 g/mol. The number of amides is 1. The molecule has 0 unspecified atom stereocenters. The van der Waals surface area contributed by atoms with Gasteiger partial charge in [-0.15, -0.1) is 0 Å². The second-order valence-corrected chi connectivity index (χ2v) is 8.86. The fourth-order valence-corrected chi connectivity index (χ4v) is 4.97. The number of carbonyl (C=O) groups excluding carboxylic acids is 1. The topological polar surface area (TPSA) is 89.2 Å². The number of hydrogen-bond acceptors (Lipinski definition) is 6. The van der Waals surface area contributed by atoms with Crippen molar-refractivity contribution < 1.29 is 4.79 Å². The normalized spacial score (nSPS) is 14.2. The van der Waals surface area contributed by atoms with Crippen molar-refractivity contribution in [2.24, 2.45) is 0 Å². The second kappa shape index (κ2) is 9.05. The Hall–Kier alpha value is -2.94. The zero-order chi connectivity index (χ0) is 22.0. The maximum atomic E-state index is 13.1. The van der Waals surface area contributed by atoms with Gasteiger partial charge in [-0.2, -0.15) is 0 Å². The van der Waals surface area contributed by atoms with Crippen LogP contribution < -0.4 is 21.5 Å². The fraction of sp³-hybridized carbons (Fsp3) is 0.455. The zero-order valence-corrected chi connectivity index (χ0v) is 18.7. The number of anilines is 2. The minimum atomic E-state index is -0.491. The monoisotopic (exact) mass is 441 g/mol. The van der Waals surface area contributed by atoms with Crippen LogP contribution in [0.2, 0.25) is 0 Å². The molecule has 0 radical (unpaired) electrons. The Morgan fingerprint density at radius 3 is 2.58 bits per heavy atom. The van der Waals surface area contributed by atoms with E-state index >= 15 is 0 Å². The highest BCUT2D eigenvalue weighted by Crippen LogP contribution is 2.28. The standard InChI is InChI=1S/C22H27N5O3S/c1-3-11-26-20(29)18-19(24-21(31-18)25-12-7-4-8-13-25)27(22(26)30)14-17(28)23-16-10-6-5-9-15(16)2/h5-6,9-10H,3-4,7-8,11-14H2,1-2H3,(H,23,28). The largest absolute Gasteiger partial charge is 0.348 e. The van der Waals surface area contributed by atoms with Crippen LogP contribution in [0.5, 0.6) is 0 Å². The molecule has 164 valence electrons. The summed E-state index contributed by atoms with van der Waals surface area (Å²) in [5, 5.41) is 3.61. The zero-order valence-electron chi connectivity index (χ0n) is 17.9.